The second kappa shape index (κ2) is 7.80. The summed E-state index contributed by atoms with van der Waals surface area (Å²) in [4.78, 5) is 4.30. The maximum Gasteiger partial charge on any atom is 0.183 e. The molecule has 0 aromatic rings. The minimum Gasteiger partial charge on any atom is -0.416 e. The summed E-state index contributed by atoms with van der Waals surface area (Å²) in [6.07, 6.45) is 0. The monoisotopic (exact) mass is 405 g/mol. The smallest absolute Gasteiger partial charge is 0.183 e. The lowest BCUT2D eigenvalue weighted by Gasteiger charge is -2.59. The fourth-order valence-electron chi connectivity index (χ4n) is 4.17. The number of hydrogen-bond donors (Lipinski definition) is 1. The van der Waals surface area contributed by atoms with E-state index < -0.39 is 30.8 Å². The first kappa shape index (κ1) is 24.8. The van der Waals surface area contributed by atoms with Gasteiger partial charge in [0.15, 0.2) is 8.32 Å². The average molecular weight is 406 g/mol. The third-order valence-electron chi connectivity index (χ3n) is 4.81. The first-order valence-corrected chi connectivity index (χ1v) is 24.2. The second-order valence-electron chi connectivity index (χ2n) is 12.1. The van der Waals surface area contributed by atoms with Crippen molar-refractivity contribution in [1.82, 2.24) is 4.98 Å². The van der Waals surface area contributed by atoms with Crippen LogP contribution in [0.5, 0.6) is 0 Å². The SMILES string of the molecule is CC(C)CN[Si](C(O[Si](C)(C)C)C(C)(C)C)([Si](C)(C)C)[Si](C)(C)C. The summed E-state index contributed by atoms with van der Waals surface area (Å²) in [5, 5.41) is 0. The van der Waals surface area contributed by atoms with E-state index in [9.17, 15) is 0 Å². The molecule has 6 heteroatoms. The van der Waals surface area contributed by atoms with E-state index in [4.69, 9.17) is 4.43 Å². The third kappa shape index (κ3) is 6.19. The molecule has 0 spiro atoms. The Morgan fingerprint density at radius 1 is 0.792 bits per heavy atom. The highest BCUT2D eigenvalue weighted by molar-refractivity contribution is 7.68. The zero-order valence-corrected chi connectivity index (χ0v) is 23.3. The van der Waals surface area contributed by atoms with Gasteiger partial charge in [-0.05, 0) is 37.5 Å². The van der Waals surface area contributed by atoms with E-state index in [1.54, 1.807) is 0 Å². The summed E-state index contributed by atoms with van der Waals surface area (Å²) in [5.74, 6) is 0.692. The van der Waals surface area contributed by atoms with Gasteiger partial charge < -0.3 is 9.41 Å². The molecule has 1 N–H and O–H groups in total. The molecule has 1 atom stereocenters. The van der Waals surface area contributed by atoms with Crippen molar-refractivity contribution < 1.29 is 4.43 Å². The zero-order chi connectivity index (χ0) is 19.8. The van der Waals surface area contributed by atoms with E-state index in [1.165, 1.54) is 0 Å². The van der Waals surface area contributed by atoms with E-state index >= 15 is 0 Å². The summed E-state index contributed by atoms with van der Waals surface area (Å²) < 4.78 is 7.06. The molecule has 146 valence electrons. The molecule has 0 saturated heterocycles. The molecule has 0 rings (SSSR count). The number of nitrogens with one attached hydrogen (secondary N) is 1. The molecule has 2 nitrogen and oxygen atoms in total. The van der Waals surface area contributed by atoms with Gasteiger partial charge in [0, 0.05) is 0 Å². The average Bonchev–Trinajstić information content (AvgIpc) is 2.20. The Balaban J connectivity index is 6.48. The summed E-state index contributed by atoms with van der Waals surface area (Å²) in [7, 11) is -6.26. The summed E-state index contributed by atoms with van der Waals surface area (Å²) in [6, 6.07) is 0. The van der Waals surface area contributed by atoms with Crippen LogP contribution in [0.25, 0.3) is 0 Å². The predicted molar refractivity (Wildman–Crippen MR) is 123 cm³/mol. The van der Waals surface area contributed by atoms with Gasteiger partial charge >= 0.3 is 0 Å². The quantitative estimate of drug-likeness (QED) is 0.514. The maximum absolute atomic E-state index is 7.06. The maximum atomic E-state index is 7.06. The van der Waals surface area contributed by atoms with Gasteiger partial charge in [0.2, 0.25) is 0 Å². The van der Waals surface area contributed by atoms with Gasteiger partial charge in [-0.1, -0.05) is 73.9 Å². The Morgan fingerprint density at radius 2 is 1.17 bits per heavy atom. The summed E-state index contributed by atoms with van der Waals surface area (Å²) in [5.41, 5.74) is 0.602. The molecule has 0 amide bonds. The van der Waals surface area contributed by atoms with Crippen LogP contribution in [0.1, 0.15) is 34.6 Å². The topological polar surface area (TPSA) is 21.3 Å². The largest absolute Gasteiger partial charge is 0.416 e. The van der Waals surface area contributed by atoms with Gasteiger partial charge in [0.1, 0.15) is 7.27 Å². The minimum atomic E-state index is -1.80. The van der Waals surface area contributed by atoms with Crippen molar-refractivity contribution in [3.8, 4) is 0 Å². The molecule has 0 saturated carbocycles. The van der Waals surface area contributed by atoms with Crippen molar-refractivity contribution in [1.29, 1.82) is 0 Å². The Bertz CT molecular complexity index is 383. The molecule has 24 heavy (non-hydrogen) atoms. The first-order chi connectivity index (χ1) is 10.3. The van der Waals surface area contributed by atoms with Crippen molar-refractivity contribution in [3.63, 3.8) is 0 Å². The van der Waals surface area contributed by atoms with Crippen molar-refractivity contribution in [2.24, 2.45) is 11.3 Å². The highest BCUT2D eigenvalue weighted by atomic mass is 29.6. The highest BCUT2D eigenvalue weighted by Crippen LogP contribution is 2.40. The second-order valence-corrected chi connectivity index (χ2v) is 43.2. The van der Waals surface area contributed by atoms with Gasteiger partial charge in [0.25, 0.3) is 0 Å². The van der Waals surface area contributed by atoms with E-state index in [0.29, 0.717) is 11.6 Å². The van der Waals surface area contributed by atoms with Crippen LogP contribution in [-0.4, -0.2) is 43.0 Å². The molecule has 0 aliphatic rings. The normalized spacial score (nSPS) is 16.6. The lowest BCUT2D eigenvalue weighted by Crippen LogP contribution is -2.87. The standard InChI is InChI=1S/C18H47NOSi4/c1-16(2)15-19-24(22(9,10)11,23(12,13)14)17(18(3,4)5)20-21(6,7)8/h16-17,19H,15H2,1-14H3. The lowest BCUT2D eigenvalue weighted by atomic mass is 9.98. The van der Waals surface area contributed by atoms with E-state index in [2.05, 4.69) is 98.5 Å². The Morgan fingerprint density at radius 3 is 1.38 bits per heavy atom. The van der Waals surface area contributed by atoms with Crippen molar-refractivity contribution in [3.05, 3.63) is 0 Å². The van der Waals surface area contributed by atoms with E-state index in [0.717, 1.165) is 6.54 Å². The van der Waals surface area contributed by atoms with Gasteiger partial charge in [-0.15, -0.1) is 0 Å². The number of hydrogen-bond acceptors (Lipinski definition) is 2. The lowest BCUT2D eigenvalue weighted by molar-refractivity contribution is 0.141. The van der Waals surface area contributed by atoms with Crippen molar-refractivity contribution in [2.75, 3.05) is 6.54 Å². The van der Waals surface area contributed by atoms with Gasteiger partial charge in [-0.2, -0.15) is 0 Å². The molecule has 0 radical (unpaired) electrons. The van der Waals surface area contributed by atoms with Crippen LogP contribution in [0.2, 0.25) is 58.9 Å². The van der Waals surface area contributed by atoms with Crippen molar-refractivity contribution >= 4 is 30.8 Å². The Kier molecular flexibility index (Phi) is 8.06. The van der Waals surface area contributed by atoms with Crippen LogP contribution in [0.15, 0.2) is 0 Å². The molecule has 1 unspecified atom stereocenters. The predicted octanol–water partition coefficient (Wildman–Crippen LogP) is 5.82. The van der Waals surface area contributed by atoms with Crippen LogP contribution < -0.4 is 4.98 Å². The van der Waals surface area contributed by atoms with Crippen LogP contribution >= 0.6 is 0 Å². The van der Waals surface area contributed by atoms with Crippen LogP contribution in [-0.2, 0) is 4.43 Å². The summed E-state index contributed by atoms with van der Waals surface area (Å²) in [6.45, 7) is 35.8. The highest BCUT2D eigenvalue weighted by Gasteiger charge is 2.63. The molecular weight excluding hydrogens is 359 g/mol. The van der Waals surface area contributed by atoms with Crippen LogP contribution in [0.4, 0.5) is 0 Å². The minimum absolute atomic E-state index is 0.192. The van der Waals surface area contributed by atoms with E-state index in [-0.39, 0.29) is 5.41 Å². The van der Waals surface area contributed by atoms with Crippen LogP contribution in [0, 0.1) is 11.3 Å². The molecule has 0 aromatic heterocycles. The van der Waals surface area contributed by atoms with Crippen molar-refractivity contribution in [2.45, 2.75) is 99.3 Å². The fourth-order valence-corrected chi connectivity index (χ4v) is 53.3. The Hall–Kier alpha value is 0.788. The zero-order valence-electron chi connectivity index (χ0n) is 19.3. The van der Waals surface area contributed by atoms with Gasteiger partial charge in [-0.3, -0.25) is 0 Å². The molecule has 0 aromatic carbocycles. The first-order valence-electron chi connectivity index (χ1n) is 9.68. The third-order valence-corrected chi connectivity index (χ3v) is 43.6. The molecule has 0 aliphatic heterocycles. The molecular formula is C18H47NOSi4. The Labute approximate surface area is 157 Å². The molecule has 0 aliphatic carbocycles. The molecule has 0 fully saturated rings. The van der Waals surface area contributed by atoms with Crippen LogP contribution in [0.3, 0.4) is 0 Å². The van der Waals surface area contributed by atoms with Gasteiger partial charge in [0.05, 0.1) is 20.9 Å². The molecule has 0 bridgehead atoms. The fraction of sp³-hybridized carbons (Fsp3) is 1.00. The molecule has 0 heterocycles. The number of rotatable bonds is 8. The van der Waals surface area contributed by atoms with E-state index in [1.807, 2.05) is 0 Å². The van der Waals surface area contributed by atoms with Gasteiger partial charge in [-0.25, -0.2) is 0 Å². The summed E-state index contributed by atoms with van der Waals surface area (Å²) >= 11 is 0.